The predicted octanol–water partition coefficient (Wildman–Crippen LogP) is 3.95. The van der Waals surface area contributed by atoms with Crippen molar-refractivity contribution in [2.75, 3.05) is 38.2 Å². The van der Waals surface area contributed by atoms with E-state index in [9.17, 15) is 14.0 Å². The molecule has 1 aromatic carbocycles. The van der Waals surface area contributed by atoms with Gasteiger partial charge in [-0.05, 0) is 36.6 Å². The van der Waals surface area contributed by atoms with Crippen LogP contribution in [0.4, 0.5) is 10.1 Å². The number of hydrogen-bond donors (Lipinski definition) is 1. The molecule has 9 nitrogen and oxygen atoms in total. The van der Waals surface area contributed by atoms with Gasteiger partial charge in [0.25, 0.3) is 5.56 Å². The second-order valence-corrected chi connectivity index (χ2v) is 9.77. The molecule has 5 rings (SSSR count). The van der Waals surface area contributed by atoms with Gasteiger partial charge in [0, 0.05) is 38.6 Å². The lowest BCUT2D eigenvalue weighted by atomic mass is 9.91. The first-order chi connectivity index (χ1) is 17.8. The van der Waals surface area contributed by atoms with E-state index in [4.69, 9.17) is 21.1 Å². The predicted molar refractivity (Wildman–Crippen MR) is 137 cm³/mol. The van der Waals surface area contributed by atoms with Crippen molar-refractivity contribution in [2.45, 2.75) is 31.4 Å². The molecule has 1 amide bonds. The zero-order valence-corrected chi connectivity index (χ0v) is 21.1. The Morgan fingerprint density at radius 2 is 2.03 bits per heavy atom. The van der Waals surface area contributed by atoms with Crippen LogP contribution in [0.3, 0.4) is 0 Å². The molecule has 0 saturated carbocycles. The van der Waals surface area contributed by atoms with E-state index in [1.54, 1.807) is 19.1 Å². The summed E-state index contributed by atoms with van der Waals surface area (Å²) in [5, 5.41) is 6.96. The third kappa shape index (κ3) is 5.60. The fourth-order valence-corrected chi connectivity index (χ4v) is 4.58. The van der Waals surface area contributed by atoms with Crippen LogP contribution in [0.5, 0.6) is 11.6 Å². The van der Waals surface area contributed by atoms with Crippen molar-refractivity contribution in [3.63, 3.8) is 0 Å². The molecule has 37 heavy (non-hydrogen) atoms. The summed E-state index contributed by atoms with van der Waals surface area (Å²) in [6, 6.07) is 11.0. The van der Waals surface area contributed by atoms with Crippen molar-refractivity contribution in [3.05, 3.63) is 69.7 Å². The molecule has 2 aromatic heterocycles. The molecule has 0 bridgehead atoms. The Morgan fingerprint density at radius 3 is 2.68 bits per heavy atom. The summed E-state index contributed by atoms with van der Waals surface area (Å²) in [7, 11) is 0. The SMILES string of the molecule is CC(=O)N1CC(c2ccc(Oc3ccc(-n4ncc(NC[C@@]5(F)CCCOC5)c(Cl)c4=O)cn3)cc2)C1. The van der Waals surface area contributed by atoms with E-state index in [1.165, 1.54) is 12.4 Å². The van der Waals surface area contributed by atoms with Gasteiger partial charge in [-0.15, -0.1) is 0 Å². The monoisotopic (exact) mass is 527 g/mol. The third-order valence-corrected chi connectivity index (χ3v) is 7.02. The van der Waals surface area contributed by atoms with Crippen molar-refractivity contribution in [1.29, 1.82) is 0 Å². The fourth-order valence-electron chi connectivity index (χ4n) is 4.38. The average Bonchev–Trinajstić information content (AvgIpc) is 2.86. The Balaban J connectivity index is 1.21. The number of halogens is 2. The van der Waals surface area contributed by atoms with Gasteiger partial charge < -0.3 is 19.7 Å². The van der Waals surface area contributed by atoms with Crippen LogP contribution < -0.4 is 15.6 Å². The summed E-state index contributed by atoms with van der Waals surface area (Å²) in [6.07, 6.45) is 3.88. The highest BCUT2D eigenvalue weighted by Crippen LogP contribution is 2.30. The molecule has 0 radical (unpaired) electrons. The van der Waals surface area contributed by atoms with Crippen LogP contribution in [0, 0.1) is 0 Å². The molecule has 2 fully saturated rings. The van der Waals surface area contributed by atoms with Crippen LogP contribution in [0.2, 0.25) is 5.02 Å². The number of benzene rings is 1. The zero-order chi connectivity index (χ0) is 26.0. The van der Waals surface area contributed by atoms with Gasteiger partial charge in [-0.3, -0.25) is 9.59 Å². The fraction of sp³-hybridized carbons (Fsp3) is 0.385. The van der Waals surface area contributed by atoms with Crippen molar-refractivity contribution >= 4 is 23.2 Å². The van der Waals surface area contributed by atoms with Gasteiger partial charge in [-0.1, -0.05) is 23.7 Å². The second-order valence-electron chi connectivity index (χ2n) is 9.40. The number of alkyl halides is 1. The minimum Gasteiger partial charge on any atom is -0.439 e. The summed E-state index contributed by atoms with van der Waals surface area (Å²) in [4.78, 5) is 30.3. The zero-order valence-electron chi connectivity index (χ0n) is 20.3. The maximum atomic E-state index is 14.8. The summed E-state index contributed by atoms with van der Waals surface area (Å²) in [5.74, 6) is 1.41. The minimum absolute atomic E-state index is 0.00667. The van der Waals surface area contributed by atoms with E-state index in [0.29, 0.717) is 42.7 Å². The number of aromatic nitrogens is 3. The van der Waals surface area contributed by atoms with Gasteiger partial charge >= 0.3 is 0 Å². The van der Waals surface area contributed by atoms with Gasteiger partial charge in [0.15, 0.2) is 5.67 Å². The largest absolute Gasteiger partial charge is 0.439 e. The quantitative estimate of drug-likeness (QED) is 0.496. The summed E-state index contributed by atoms with van der Waals surface area (Å²) in [6.45, 7) is 3.58. The van der Waals surface area contributed by atoms with Crippen LogP contribution >= 0.6 is 11.6 Å². The van der Waals surface area contributed by atoms with Crippen molar-refractivity contribution in [3.8, 4) is 17.3 Å². The van der Waals surface area contributed by atoms with Crippen LogP contribution in [-0.4, -0.2) is 64.1 Å². The van der Waals surface area contributed by atoms with E-state index >= 15 is 0 Å². The van der Waals surface area contributed by atoms with Gasteiger partial charge in [-0.25, -0.2) is 9.37 Å². The van der Waals surface area contributed by atoms with E-state index in [-0.39, 0.29) is 29.8 Å². The van der Waals surface area contributed by atoms with Crippen LogP contribution in [-0.2, 0) is 9.53 Å². The first-order valence-corrected chi connectivity index (χ1v) is 12.5. The molecule has 194 valence electrons. The number of rotatable bonds is 7. The maximum Gasteiger partial charge on any atom is 0.292 e. The standard InChI is InChI=1S/C26H27ClFN5O4/c1-17(34)32-13-19(14-32)18-3-6-21(7-4-18)37-23-8-5-20(11-29-23)33-25(35)24(27)22(12-31-33)30-15-26(28)9-2-10-36-16-26/h3-8,11-12,19,30H,2,9-10,13-16H2,1H3/t26-/m0/s1. The maximum absolute atomic E-state index is 14.8. The van der Waals surface area contributed by atoms with Gasteiger partial charge in [-0.2, -0.15) is 9.78 Å². The first-order valence-electron chi connectivity index (χ1n) is 12.1. The number of carbonyl (C=O) groups excluding carboxylic acids is 1. The molecule has 0 unspecified atom stereocenters. The minimum atomic E-state index is -1.51. The number of hydrogen-bond acceptors (Lipinski definition) is 7. The Hall–Kier alpha value is -3.50. The van der Waals surface area contributed by atoms with E-state index in [2.05, 4.69) is 15.4 Å². The Kier molecular flexibility index (Phi) is 7.12. The molecular weight excluding hydrogens is 501 g/mol. The number of amides is 1. The van der Waals surface area contributed by atoms with Gasteiger partial charge in [0.1, 0.15) is 10.8 Å². The van der Waals surface area contributed by atoms with Crippen LogP contribution in [0.15, 0.2) is 53.6 Å². The van der Waals surface area contributed by atoms with Crippen LogP contribution in [0.25, 0.3) is 5.69 Å². The summed E-state index contributed by atoms with van der Waals surface area (Å²) < 4.78 is 26.9. The number of nitrogens with one attached hydrogen (secondary N) is 1. The van der Waals surface area contributed by atoms with Crippen molar-refractivity contribution in [2.24, 2.45) is 0 Å². The molecule has 2 aliphatic heterocycles. The molecule has 2 aliphatic rings. The number of carbonyl (C=O) groups is 1. The lowest BCUT2D eigenvalue weighted by Crippen LogP contribution is -2.47. The highest BCUT2D eigenvalue weighted by atomic mass is 35.5. The summed E-state index contributed by atoms with van der Waals surface area (Å²) in [5.41, 5.74) is -0.238. The molecule has 3 aromatic rings. The Labute approximate surface area is 218 Å². The Morgan fingerprint density at radius 1 is 1.24 bits per heavy atom. The van der Waals surface area contributed by atoms with E-state index in [0.717, 1.165) is 23.3 Å². The van der Waals surface area contributed by atoms with E-state index in [1.807, 2.05) is 29.2 Å². The molecule has 2 saturated heterocycles. The lowest BCUT2D eigenvalue weighted by Gasteiger charge is -2.39. The lowest BCUT2D eigenvalue weighted by molar-refractivity contribution is -0.133. The number of nitrogens with zero attached hydrogens (tertiary/aromatic N) is 4. The number of anilines is 1. The molecule has 1 atom stereocenters. The molecule has 0 spiro atoms. The van der Waals surface area contributed by atoms with Gasteiger partial charge in [0.2, 0.25) is 11.8 Å². The molecule has 1 N–H and O–H groups in total. The molecule has 4 heterocycles. The highest BCUT2D eigenvalue weighted by Gasteiger charge is 2.33. The van der Waals surface area contributed by atoms with Crippen molar-refractivity contribution in [1.82, 2.24) is 19.7 Å². The first kappa shape index (κ1) is 25.2. The van der Waals surface area contributed by atoms with E-state index < -0.39 is 11.2 Å². The molecular formula is C26H27ClFN5O4. The smallest absolute Gasteiger partial charge is 0.292 e. The van der Waals surface area contributed by atoms with Crippen LogP contribution in [0.1, 0.15) is 31.2 Å². The third-order valence-electron chi connectivity index (χ3n) is 6.65. The number of ether oxygens (including phenoxy) is 2. The van der Waals surface area contributed by atoms with Crippen molar-refractivity contribution < 1.29 is 18.7 Å². The topological polar surface area (TPSA) is 98.6 Å². The number of likely N-dealkylation sites (tertiary alicyclic amines) is 1. The summed E-state index contributed by atoms with van der Waals surface area (Å²) >= 11 is 6.27. The van der Waals surface area contributed by atoms with Gasteiger partial charge in [0.05, 0.1) is 36.9 Å². The molecule has 11 heteroatoms. The number of pyridine rings is 1. The highest BCUT2D eigenvalue weighted by molar-refractivity contribution is 6.32. The normalized spacial score (nSPS) is 19.8. The average molecular weight is 528 g/mol. The Bertz CT molecular complexity index is 1320. The second kappa shape index (κ2) is 10.5. The molecule has 0 aliphatic carbocycles.